The van der Waals surface area contributed by atoms with Crippen molar-refractivity contribution in [3.05, 3.63) is 30.1 Å². The van der Waals surface area contributed by atoms with Crippen LogP contribution >= 0.6 is 0 Å². The standard InChI is InChI=1S/C13H19N3O2/c1-16(10-12-9-15-6-7-18-12)13(17)8-11-2-4-14-5-3-11/h2-5,12,15H,6-10H2,1H3. The Bertz CT molecular complexity index is 377. The van der Waals surface area contributed by atoms with Gasteiger partial charge in [0.1, 0.15) is 0 Å². The Morgan fingerprint density at radius 1 is 1.56 bits per heavy atom. The molecule has 1 fully saturated rings. The molecule has 1 unspecified atom stereocenters. The number of likely N-dealkylation sites (N-methyl/N-ethyl adjacent to an activating group) is 1. The Balaban J connectivity index is 1.81. The molecule has 0 saturated carbocycles. The summed E-state index contributed by atoms with van der Waals surface area (Å²) in [5.74, 6) is 0.107. The monoisotopic (exact) mass is 249 g/mol. The Labute approximate surface area is 107 Å². The largest absolute Gasteiger partial charge is 0.374 e. The zero-order valence-corrected chi connectivity index (χ0v) is 10.6. The molecule has 1 aliphatic heterocycles. The number of carbonyl (C=O) groups is 1. The highest BCUT2D eigenvalue weighted by atomic mass is 16.5. The van der Waals surface area contributed by atoms with E-state index in [-0.39, 0.29) is 12.0 Å². The van der Waals surface area contributed by atoms with Crippen LogP contribution in [-0.4, -0.2) is 55.2 Å². The molecular formula is C13H19N3O2. The predicted octanol–water partition coefficient (Wildman–Crippen LogP) is 0.0709. The highest BCUT2D eigenvalue weighted by Crippen LogP contribution is 2.03. The van der Waals surface area contributed by atoms with Gasteiger partial charge in [-0.05, 0) is 17.7 Å². The average Bonchev–Trinajstić information content (AvgIpc) is 2.41. The van der Waals surface area contributed by atoms with Crippen molar-refractivity contribution < 1.29 is 9.53 Å². The van der Waals surface area contributed by atoms with Crippen molar-refractivity contribution in [1.29, 1.82) is 0 Å². The van der Waals surface area contributed by atoms with Gasteiger partial charge < -0.3 is 15.0 Å². The first-order chi connectivity index (χ1) is 8.75. The molecule has 0 aliphatic carbocycles. The third kappa shape index (κ3) is 3.78. The molecule has 5 heteroatoms. The van der Waals surface area contributed by atoms with Crippen molar-refractivity contribution in [3.8, 4) is 0 Å². The molecule has 1 aromatic rings. The summed E-state index contributed by atoms with van der Waals surface area (Å²) in [6, 6.07) is 3.73. The summed E-state index contributed by atoms with van der Waals surface area (Å²) in [5.41, 5.74) is 0.990. The van der Waals surface area contributed by atoms with Crippen LogP contribution in [0, 0.1) is 0 Å². The summed E-state index contributed by atoms with van der Waals surface area (Å²) in [4.78, 5) is 17.7. The van der Waals surface area contributed by atoms with E-state index in [0.29, 0.717) is 13.0 Å². The highest BCUT2D eigenvalue weighted by molar-refractivity contribution is 5.78. The van der Waals surface area contributed by atoms with Crippen LogP contribution < -0.4 is 5.32 Å². The Hall–Kier alpha value is -1.46. The lowest BCUT2D eigenvalue weighted by Crippen LogP contribution is -2.46. The van der Waals surface area contributed by atoms with Gasteiger partial charge >= 0.3 is 0 Å². The third-order valence-electron chi connectivity index (χ3n) is 3.01. The minimum Gasteiger partial charge on any atom is -0.374 e. The Kier molecular flexibility index (Phi) is 4.66. The fraction of sp³-hybridized carbons (Fsp3) is 0.538. The van der Waals surface area contributed by atoms with Crippen LogP contribution in [-0.2, 0) is 16.0 Å². The fourth-order valence-corrected chi connectivity index (χ4v) is 1.95. The second-order valence-corrected chi connectivity index (χ2v) is 4.50. The molecule has 0 aromatic carbocycles. The number of hydrogen-bond donors (Lipinski definition) is 1. The van der Waals surface area contributed by atoms with Crippen molar-refractivity contribution in [1.82, 2.24) is 15.2 Å². The van der Waals surface area contributed by atoms with Crippen molar-refractivity contribution in [2.45, 2.75) is 12.5 Å². The van der Waals surface area contributed by atoms with Crippen LogP contribution in [0.25, 0.3) is 0 Å². The normalized spacial score (nSPS) is 19.5. The second kappa shape index (κ2) is 6.47. The van der Waals surface area contributed by atoms with E-state index in [4.69, 9.17) is 4.74 Å². The van der Waals surface area contributed by atoms with Gasteiger partial charge in [-0.1, -0.05) is 0 Å². The van der Waals surface area contributed by atoms with Gasteiger partial charge in [0.05, 0.1) is 19.1 Å². The summed E-state index contributed by atoms with van der Waals surface area (Å²) < 4.78 is 5.58. The van der Waals surface area contributed by atoms with Gasteiger partial charge in [0.2, 0.25) is 5.91 Å². The van der Waals surface area contributed by atoms with Gasteiger partial charge in [-0.2, -0.15) is 0 Å². The lowest BCUT2D eigenvalue weighted by Gasteiger charge is -2.28. The predicted molar refractivity (Wildman–Crippen MR) is 68.2 cm³/mol. The number of morpholine rings is 1. The maximum atomic E-state index is 12.0. The number of hydrogen-bond acceptors (Lipinski definition) is 4. The topological polar surface area (TPSA) is 54.5 Å². The van der Waals surface area contributed by atoms with E-state index < -0.39 is 0 Å². The quantitative estimate of drug-likeness (QED) is 0.820. The molecular weight excluding hydrogens is 230 g/mol. The zero-order chi connectivity index (χ0) is 12.8. The van der Waals surface area contributed by atoms with E-state index in [1.54, 1.807) is 17.3 Å². The van der Waals surface area contributed by atoms with E-state index in [0.717, 1.165) is 25.3 Å². The first kappa shape index (κ1) is 13.0. The second-order valence-electron chi connectivity index (χ2n) is 4.50. The molecule has 2 rings (SSSR count). The van der Waals surface area contributed by atoms with Crippen LogP contribution in [0.15, 0.2) is 24.5 Å². The van der Waals surface area contributed by atoms with Crippen molar-refractivity contribution in [2.75, 3.05) is 33.3 Å². The van der Waals surface area contributed by atoms with Crippen LogP contribution in [0.2, 0.25) is 0 Å². The van der Waals surface area contributed by atoms with Crippen LogP contribution in [0.3, 0.4) is 0 Å². The lowest BCUT2D eigenvalue weighted by atomic mass is 10.2. The maximum Gasteiger partial charge on any atom is 0.226 e. The molecule has 2 heterocycles. The lowest BCUT2D eigenvalue weighted by molar-refractivity contribution is -0.131. The highest BCUT2D eigenvalue weighted by Gasteiger charge is 2.18. The van der Waals surface area contributed by atoms with Crippen LogP contribution in [0.1, 0.15) is 5.56 Å². The van der Waals surface area contributed by atoms with Crippen LogP contribution in [0.5, 0.6) is 0 Å². The van der Waals surface area contributed by atoms with Crippen molar-refractivity contribution in [2.24, 2.45) is 0 Å². The molecule has 0 spiro atoms. The number of carbonyl (C=O) groups excluding carboxylic acids is 1. The summed E-state index contributed by atoms with van der Waals surface area (Å²) in [7, 11) is 1.82. The number of ether oxygens (including phenoxy) is 1. The smallest absolute Gasteiger partial charge is 0.226 e. The summed E-state index contributed by atoms with van der Waals surface area (Å²) in [6.45, 7) is 3.06. The van der Waals surface area contributed by atoms with Gasteiger partial charge in [0, 0.05) is 39.1 Å². The number of rotatable bonds is 4. The molecule has 1 N–H and O–H groups in total. The molecule has 0 bridgehead atoms. The third-order valence-corrected chi connectivity index (χ3v) is 3.01. The van der Waals surface area contributed by atoms with E-state index in [1.807, 2.05) is 19.2 Å². The molecule has 1 saturated heterocycles. The fourth-order valence-electron chi connectivity index (χ4n) is 1.95. The first-order valence-electron chi connectivity index (χ1n) is 6.21. The number of pyridine rings is 1. The van der Waals surface area contributed by atoms with E-state index in [9.17, 15) is 4.79 Å². The molecule has 5 nitrogen and oxygen atoms in total. The molecule has 18 heavy (non-hydrogen) atoms. The van der Waals surface area contributed by atoms with Gasteiger partial charge in [-0.25, -0.2) is 0 Å². The minimum atomic E-state index is 0.102. The summed E-state index contributed by atoms with van der Waals surface area (Å²) in [5, 5.41) is 3.26. The average molecular weight is 249 g/mol. The SMILES string of the molecule is CN(CC1CNCCO1)C(=O)Cc1ccncc1. The van der Waals surface area contributed by atoms with Gasteiger partial charge in [0.15, 0.2) is 0 Å². The van der Waals surface area contributed by atoms with Gasteiger partial charge in [0.25, 0.3) is 0 Å². The molecule has 1 amide bonds. The summed E-state index contributed by atoms with van der Waals surface area (Å²) in [6.07, 6.45) is 3.93. The van der Waals surface area contributed by atoms with Gasteiger partial charge in [-0.15, -0.1) is 0 Å². The first-order valence-corrected chi connectivity index (χ1v) is 6.21. The number of amides is 1. The van der Waals surface area contributed by atoms with E-state index in [2.05, 4.69) is 10.3 Å². The molecule has 1 aliphatic rings. The number of nitrogens with one attached hydrogen (secondary N) is 1. The molecule has 98 valence electrons. The number of aromatic nitrogens is 1. The molecule has 1 aromatic heterocycles. The zero-order valence-electron chi connectivity index (χ0n) is 10.6. The van der Waals surface area contributed by atoms with Crippen molar-refractivity contribution >= 4 is 5.91 Å². The summed E-state index contributed by atoms with van der Waals surface area (Å²) >= 11 is 0. The van der Waals surface area contributed by atoms with Crippen molar-refractivity contribution in [3.63, 3.8) is 0 Å². The Morgan fingerprint density at radius 2 is 2.33 bits per heavy atom. The molecule has 0 radical (unpaired) electrons. The van der Waals surface area contributed by atoms with E-state index >= 15 is 0 Å². The number of nitrogens with zero attached hydrogens (tertiary/aromatic N) is 2. The Morgan fingerprint density at radius 3 is 3.00 bits per heavy atom. The maximum absolute atomic E-state index is 12.0. The van der Waals surface area contributed by atoms with E-state index in [1.165, 1.54) is 0 Å². The van der Waals surface area contributed by atoms with Crippen LogP contribution in [0.4, 0.5) is 0 Å². The minimum absolute atomic E-state index is 0.102. The van der Waals surface area contributed by atoms with Gasteiger partial charge in [-0.3, -0.25) is 9.78 Å². The molecule has 1 atom stereocenters.